The SMILES string of the molecule is CN1C(=N)N[C@](C)(c2cc(NC(=O)c3ccc(C(F)(F)F)cn3)c(F)cc2F)CS1(=O)=O. The molecule has 0 bridgehead atoms. The Hall–Kier alpha value is -3.29. The van der Waals surface area contributed by atoms with Gasteiger partial charge in [0, 0.05) is 24.9 Å². The third-order valence-electron chi connectivity index (χ3n) is 4.82. The van der Waals surface area contributed by atoms with Gasteiger partial charge >= 0.3 is 6.18 Å². The second kappa shape index (κ2) is 7.69. The second-order valence-corrected chi connectivity index (χ2v) is 9.23. The summed E-state index contributed by atoms with van der Waals surface area (Å²) >= 11 is 0. The van der Waals surface area contributed by atoms with Crippen LogP contribution in [0.3, 0.4) is 0 Å². The maximum atomic E-state index is 14.6. The van der Waals surface area contributed by atoms with Gasteiger partial charge in [-0.05, 0) is 25.1 Å². The number of rotatable bonds is 3. The summed E-state index contributed by atoms with van der Waals surface area (Å²) in [5.74, 6) is -4.62. The van der Waals surface area contributed by atoms with Crippen LogP contribution in [0.2, 0.25) is 0 Å². The number of amides is 1. The van der Waals surface area contributed by atoms with E-state index in [-0.39, 0.29) is 5.56 Å². The summed E-state index contributed by atoms with van der Waals surface area (Å²) in [6.45, 7) is 1.28. The zero-order chi connectivity index (χ0) is 24.1. The van der Waals surface area contributed by atoms with Crippen LogP contribution in [0.25, 0.3) is 0 Å². The fourth-order valence-electron chi connectivity index (χ4n) is 3.07. The van der Waals surface area contributed by atoms with E-state index >= 15 is 0 Å². The largest absolute Gasteiger partial charge is 0.417 e. The zero-order valence-corrected chi connectivity index (χ0v) is 17.3. The van der Waals surface area contributed by atoms with E-state index < -0.39 is 67.9 Å². The lowest BCUT2D eigenvalue weighted by molar-refractivity contribution is -0.137. The lowest BCUT2D eigenvalue weighted by atomic mass is 9.92. The first-order chi connectivity index (χ1) is 14.6. The zero-order valence-electron chi connectivity index (χ0n) is 16.5. The number of halogens is 5. The van der Waals surface area contributed by atoms with E-state index in [2.05, 4.69) is 15.6 Å². The van der Waals surface area contributed by atoms with Crippen LogP contribution in [0.1, 0.15) is 28.5 Å². The van der Waals surface area contributed by atoms with Crippen molar-refractivity contribution in [1.29, 1.82) is 5.41 Å². The third kappa shape index (κ3) is 4.35. The summed E-state index contributed by atoms with van der Waals surface area (Å²) in [7, 11) is -2.86. The van der Waals surface area contributed by atoms with Crippen LogP contribution >= 0.6 is 0 Å². The van der Waals surface area contributed by atoms with E-state index in [0.29, 0.717) is 22.6 Å². The molecule has 1 fully saturated rings. The fourth-order valence-corrected chi connectivity index (χ4v) is 4.55. The summed E-state index contributed by atoms with van der Waals surface area (Å²) in [4.78, 5) is 15.7. The highest BCUT2D eigenvalue weighted by molar-refractivity contribution is 7.89. The van der Waals surface area contributed by atoms with Gasteiger partial charge in [-0.3, -0.25) is 15.2 Å². The van der Waals surface area contributed by atoms with Crippen molar-refractivity contribution in [1.82, 2.24) is 14.6 Å². The van der Waals surface area contributed by atoms with Crippen LogP contribution in [-0.4, -0.2) is 42.4 Å². The number of sulfonamides is 1. The van der Waals surface area contributed by atoms with Gasteiger partial charge in [0.15, 0.2) is 0 Å². The van der Waals surface area contributed by atoms with E-state index in [9.17, 15) is 35.2 Å². The molecule has 32 heavy (non-hydrogen) atoms. The molecule has 2 aromatic rings. The number of alkyl halides is 3. The minimum Gasteiger partial charge on any atom is -0.345 e. The Balaban J connectivity index is 1.94. The van der Waals surface area contributed by atoms with Crippen molar-refractivity contribution in [2.75, 3.05) is 18.1 Å². The van der Waals surface area contributed by atoms with Gasteiger partial charge in [0.05, 0.1) is 22.5 Å². The molecule has 3 N–H and O–H groups in total. The van der Waals surface area contributed by atoms with Crippen molar-refractivity contribution in [3.63, 3.8) is 0 Å². The highest BCUT2D eigenvalue weighted by atomic mass is 32.2. The second-order valence-electron chi connectivity index (χ2n) is 7.23. The van der Waals surface area contributed by atoms with Gasteiger partial charge in [0.2, 0.25) is 16.0 Å². The van der Waals surface area contributed by atoms with Gasteiger partial charge in [-0.25, -0.2) is 21.5 Å². The van der Waals surface area contributed by atoms with E-state index in [4.69, 9.17) is 5.41 Å². The Bertz CT molecular complexity index is 1200. The van der Waals surface area contributed by atoms with Gasteiger partial charge in [-0.2, -0.15) is 13.2 Å². The standard InChI is InChI=1S/C18H16F5N5O3S/c1-17(8-32(30,31)28(2)16(24)27-17)10-5-14(12(20)6-11(10)19)26-15(29)13-4-3-9(7-25-13)18(21,22)23/h3-7H,8H2,1-2H3,(H2,24,27)(H,26,29)/t17-/m0/s1. The van der Waals surface area contributed by atoms with Crippen molar-refractivity contribution >= 4 is 27.6 Å². The highest BCUT2D eigenvalue weighted by Gasteiger charge is 2.43. The van der Waals surface area contributed by atoms with Crippen molar-refractivity contribution in [3.05, 3.63) is 58.9 Å². The van der Waals surface area contributed by atoms with Crippen LogP contribution in [0.4, 0.5) is 27.6 Å². The molecule has 1 atom stereocenters. The van der Waals surface area contributed by atoms with Crippen molar-refractivity contribution in [2.45, 2.75) is 18.6 Å². The smallest absolute Gasteiger partial charge is 0.345 e. The summed E-state index contributed by atoms with van der Waals surface area (Å²) in [6, 6.07) is 2.68. The monoisotopic (exact) mass is 477 g/mol. The summed E-state index contributed by atoms with van der Waals surface area (Å²) in [6.07, 6.45) is -4.23. The minimum atomic E-state index is -4.66. The number of guanidine groups is 1. The minimum absolute atomic E-state index is 0.351. The molecule has 1 aromatic carbocycles. The van der Waals surface area contributed by atoms with Gasteiger partial charge in [-0.15, -0.1) is 0 Å². The lowest BCUT2D eigenvalue weighted by Gasteiger charge is -2.40. The van der Waals surface area contributed by atoms with Crippen molar-refractivity contribution in [3.8, 4) is 0 Å². The molecule has 1 aliphatic rings. The van der Waals surface area contributed by atoms with Gasteiger partial charge in [0.25, 0.3) is 5.91 Å². The summed E-state index contributed by atoms with van der Waals surface area (Å²) < 4.78 is 92.0. The number of aromatic nitrogens is 1. The van der Waals surface area contributed by atoms with Crippen molar-refractivity contribution in [2.24, 2.45) is 0 Å². The first kappa shape index (κ1) is 23.4. The maximum Gasteiger partial charge on any atom is 0.417 e. The molecule has 3 rings (SSSR count). The van der Waals surface area contributed by atoms with E-state index in [1.807, 2.05) is 0 Å². The average molecular weight is 477 g/mol. The molecule has 1 aliphatic heterocycles. The molecule has 1 aromatic heterocycles. The molecule has 0 unspecified atom stereocenters. The van der Waals surface area contributed by atoms with Gasteiger partial charge < -0.3 is 10.6 Å². The number of hydrogen-bond donors (Lipinski definition) is 3. The molecule has 14 heteroatoms. The lowest BCUT2D eigenvalue weighted by Crippen LogP contribution is -2.61. The molecule has 0 aliphatic carbocycles. The average Bonchev–Trinajstić information content (AvgIpc) is 2.67. The number of hydrogen-bond acceptors (Lipinski definition) is 5. The Kier molecular flexibility index (Phi) is 5.62. The number of carbonyl (C=O) groups is 1. The van der Waals surface area contributed by atoms with Gasteiger partial charge in [-0.1, -0.05) is 0 Å². The Labute approximate surface area is 179 Å². The number of benzene rings is 1. The molecular formula is C18H16F5N5O3S. The van der Waals surface area contributed by atoms with Crippen molar-refractivity contribution < 1.29 is 35.2 Å². The normalized spacial score (nSPS) is 20.6. The Morgan fingerprint density at radius 1 is 1.25 bits per heavy atom. The molecule has 1 amide bonds. The molecule has 2 heterocycles. The van der Waals surface area contributed by atoms with Crippen LogP contribution in [-0.2, 0) is 21.7 Å². The predicted molar refractivity (Wildman–Crippen MR) is 103 cm³/mol. The fraction of sp³-hybridized carbons (Fsp3) is 0.278. The van der Waals surface area contributed by atoms with E-state index in [0.717, 1.165) is 19.2 Å². The molecule has 0 radical (unpaired) electrons. The predicted octanol–water partition coefficient (Wildman–Crippen LogP) is 2.65. The number of nitrogens with one attached hydrogen (secondary N) is 3. The molecule has 8 nitrogen and oxygen atoms in total. The topological polar surface area (TPSA) is 115 Å². The number of nitrogens with zero attached hydrogens (tertiary/aromatic N) is 2. The molecule has 0 spiro atoms. The number of carbonyl (C=O) groups excluding carboxylic acids is 1. The summed E-state index contributed by atoms with van der Waals surface area (Å²) in [5, 5.41) is 12.4. The quantitative estimate of drug-likeness (QED) is 0.588. The Morgan fingerprint density at radius 3 is 2.44 bits per heavy atom. The first-order valence-electron chi connectivity index (χ1n) is 8.81. The van der Waals surface area contributed by atoms with Crippen LogP contribution in [0.15, 0.2) is 30.5 Å². The van der Waals surface area contributed by atoms with E-state index in [1.54, 1.807) is 0 Å². The van der Waals surface area contributed by atoms with E-state index in [1.165, 1.54) is 6.92 Å². The highest BCUT2D eigenvalue weighted by Crippen LogP contribution is 2.33. The first-order valence-corrected chi connectivity index (χ1v) is 10.4. The van der Waals surface area contributed by atoms with Crippen LogP contribution in [0, 0.1) is 17.0 Å². The van der Waals surface area contributed by atoms with Crippen LogP contribution < -0.4 is 10.6 Å². The molecular weight excluding hydrogens is 461 g/mol. The summed E-state index contributed by atoms with van der Waals surface area (Å²) in [5.41, 5.74) is -4.13. The van der Waals surface area contributed by atoms with Gasteiger partial charge in [0.1, 0.15) is 17.3 Å². The number of anilines is 1. The number of pyridine rings is 1. The Morgan fingerprint density at radius 2 is 1.91 bits per heavy atom. The maximum absolute atomic E-state index is 14.6. The van der Waals surface area contributed by atoms with Crippen LogP contribution in [0.5, 0.6) is 0 Å². The molecule has 0 saturated carbocycles. The third-order valence-corrected chi connectivity index (χ3v) is 6.78. The molecule has 1 saturated heterocycles. The molecule has 172 valence electrons.